The number of carbonyl (C=O) groups is 1. The second-order valence-electron chi connectivity index (χ2n) is 5.44. The molecule has 0 heterocycles. The van der Waals surface area contributed by atoms with Gasteiger partial charge < -0.3 is 10.4 Å². The smallest absolute Gasteiger partial charge is 0.227 e. The number of nitrogens with one attached hydrogen (secondary N) is 1. The van der Waals surface area contributed by atoms with E-state index in [0.29, 0.717) is 0 Å². The summed E-state index contributed by atoms with van der Waals surface area (Å²) in [4.78, 5) is 12.3. The third-order valence-electron chi connectivity index (χ3n) is 3.89. The summed E-state index contributed by atoms with van der Waals surface area (Å²) in [5, 5.41) is 12.7. The first-order chi connectivity index (χ1) is 9.18. The lowest BCUT2D eigenvalue weighted by Gasteiger charge is -2.17. The van der Waals surface area contributed by atoms with Crippen LogP contribution in [0.3, 0.4) is 0 Å². The maximum atomic E-state index is 12.3. The third kappa shape index (κ3) is 3.80. The molecule has 1 amide bonds. The van der Waals surface area contributed by atoms with Crippen molar-refractivity contribution in [1.82, 2.24) is 0 Å². The Morgan fingerprint density at radius 1 is 1.21 bits per heavy atom. The number of hydrogen-bond donors (Lipinski definition) is 2. The minimum Gasteiger partial charge on any atom is -0.389 e. The van der Waals surface area contributed by atoms with Crippen LogP contribution in [-0.2, 0) is 4.79 Å². The predicted molar refractivity (Wildman–Crippen MR) is 76.9 cm³/mol. The summed E-state index contributed by atoms with van der Waals surface area (Å²) in [7, 11) is 0. The molecule has 2 N–H and O–H groups in total. The van der Waals surface area contributed by atoms with Crippen molar-refractivity contribution in [2.75, 3.05) is 5.32 Å². The van der Waals surface area contributed by atoms with Crippen LogP contribution in [0.4, 0.5) is 5.69 Å². The van der Waals surface area contributed by atoms with Crippen molar-refractivity contribution < 1.29 is 9.90 Å². The number of anilines is 1. The first kappa shape index (κ1) is 14.1. The molecule has 19 heavy (non-hydrogen) atoms. The molecule has 1 aliphatic carbocycles. The van der Waals surface area contributed by atoms with Crippen LogP contribution in [0, 0.1) is 5.92 Å². The van der Waals surface area contributed by atoms with Gasteiger partial charge in [0.1, 0.15) is 0 Å². The van der Waals surface area contributed by atoms with E-state index in [-0.39, 0.29) is 11.8 Å². The Morgan fingerprint density at radius 3 is 2.47 bits per heavy atom. The molecule has 0 aromatic heterocycles. The summed E-state index contributed by atoms with van der Waals surface area (Å²) in [5.41, 5.74) is 1.52. The van der Waals surface area contributed by atoms with E-state index >= 15 is 0 Å². The summed E-state index contributed by atoms with van der Waals surface area (Å²) < 4.78 is 0. The summed E-state index contributed by atoms with van der Waals surface area (Å²) in [6.07, 6.45) is 6.20. The highest BCUT2D eigenvalue weighted by Gasteiger charge is 2.21. The van der Waals surface area contributed by atoms with Crippen molar-refractivity contribution in [3.05, 3.63) is 29.8 Å². The number of benzene rings is 1. The fourth-order valence-corrected chi connectivity index (χ4v) is 2.75. The number of para-hydroxylation sites is 1. The van der Waals surface area contributed by atoms with Gasteiger partial charge >= 0.3 is 0 Å². The lowest BCUT2D eigenvalue weighted by molar-refractivity contribution is -0.120. The third-order valence-corrected chi connectivity index (χ3v) is 3.89. The molecule has 1 aromatic carbocycles. The Bertz CT molecular complexity index is 421. The van der Waals surface area contributed by atoms with E-state index in [1.54, 1.807) is 6.92 Å². The molecule has 3 nitrogen and oxygen atoms in total. The normalized spacial score (nSPS) is 18.6. The average molecular weight is 261 g/mol. The van der Waals surface area contributed by atoms with Crippen molar-refractivity contribution in [1.29, 1.82) is 0 Å². The highest BCUT2D eigenvalue weighted by Crippen LogP contribution is 2.26. The fraction of sp³-hybridized carbons (Fsp3) is 0.562. The minimum absolute atomic E-state index is 0.106. The molecule has 1 aliphatic rings. The van der Waals surface area contributed by atoms with Crippen molar-refractivity contribution in [3.63, 3.8) is 0 Å². The number of hydrogen-bond acceptors (Lipinski definition) is 2. The van der Waals surface area contributed by atoms with Crippen LogP contribution in [0.1, 0.15) is 57.1 Å². The lowest BCUT2D eigenvalue weighted by Crippen LogP contribution is -2.23. The monoisotopic (exact) mass is 261 g/mol. The van der Waals surface area contributed by atoms with Gasteiger partial charge in [-0.05, 0) is 25.8 Å². The number of rotatable bonds is 3. The van der Waals surface area contributed by atoms with E-state index in [1.165, 1.54) is 12.8 Å². The fourth-order valence-electron chi connectivity index (χ4n) is 2.75. The van der Waals surface area contributed by atoms with Crippen molar-refractivity contribution >= 4 is 11.6 Å². The van der Waals surface area contributed by atoms with Crippen molar-refractivity contribution in [3.8, 4) is 0 Å². The molecule has 104 valence electrons. The molecule has 1 fully saturated rings. The molecule has 3 heteroatoms. The molecule has 2 rings (SSSR count). The zero-order chi connectivity index (χ0) is 13.7. The second kappa shape index (κ2) is 6.71. The van der Waals surface area contributed by atoms with E-state index in [0.717, 1.165) is 36.9 Å². The van der Waals surface area contributed by atoms with Crippen LogP contribution >= 0.6 is 0 Å². The molecular formula is C16H23NO2. The summed E-state index contributed by atoms with van der Waals surface area (Å²) >= 11 is 0. The van der Waals surface area contributed by atoms with E-state index in [4.69, 9.17) is 0 Å². The number of amides is 1. The standard InChI is InChI=1S/C16H23NO2/c1-12(18)14-10-6-7-11-15(14)17-16(19)13-8-4-2-3-5-9-13/h6-7,10-13,18H,2-5,8-9H2,1H3,(H,17,19). The van der Waals surface area contributed by atoms with Gasteiger partial charge in [0, 0.05) is 17.2 Å². The quantitative estimate of drug-likeness (QED) is 0.816. The Labute approximate surface area is 115 Å². The van der Waals surface area contributed by atoms with Gasteiger partial charge in [-0.1, -0.05) is 43.9 Å². The molecule has 1 unspecified atom stereocenters. The van der Waals surface area contributed by atoms with Crippen LogP contribution in [0.5, 0.6) is 0 Å². The van der Waals surface area contributed by atoms with Gasteiger partial charge in [-0.2, -0.15) is 0 Å². The topological polar surface area (TPSA) is 49.3 Å². The number of aliphatic hydroxyl groups excluding tert-OH is 1. The van der Waals surface area contributed by atoms with Gasteiger partial charge in [0.25, 0.3) is 0 Å². The minimum atomic E-state index is -0.564. The molecule has 0 bridgehead atoms. The van der Waals surface area contributed by atoms with Crippen LogP contribution in [0.15, 0.2) is 24.3 Å². The lowest BCUT2D eigenvalue weighted by atomic mass is 9.99. The summed E-state index contributed by atoms with van der Waals surface area (Å²) in [5.74, 6) is 0.236. The molecule has 0 aliphatic heterocycles. The maximum Gasteiger partial charge on any atom is 0.227 e. The van der Waals surface area contributed by atoms with E-state index in [9.17, 15) is 9.90 Å². The highest BCUT2D eigenvalue weighted by atomic mass is 16.3. The van der Waals surface area contributed by atoms with Crippen molar-refractivity contribution in [2.45, 2.75) is 51.6 Å². The molecule has 1 saturated carbocycles. The van der Waals surface area contributed by atoms with Gasteiger partial charge in [0.05, 0.1) is 6.10 Å². The predicted octanol–water partition coefficient (Wildman–Crippen LogP) is 3.65. The Kier molecular flexibility index (Phi) is 4.97. The van der Waals surface area contributed by atoms with Gasteiger partial charge in [0.2, 0.25) is 5.91 Å². The Hall–Kier alpha value is -1.35. The zero-order valence-electron chi connectivity index (χ0n) is 11.6. The number of aliphatic hydroxyl groups is 1. The van der Waals surface area contributed by atoms with E-state index in [1.807, 2.05) is 24.3 Å². The first-order valence-corrected chi connectivity index (χ1v) is 7.26. The molecule has 0 spiro atoms. The first-order valence-electron chi connectivity index (χ1n) is 7.26. The highest BCUT2D eigenvalue weighted by molar-refractivity contribution is 5.93. The van der Waals surface area contributed by atoms with Gasteiger partial charge in [-0.3, -0.25) is 4.79 Å². The van der Waals surface area contributed by atoms with Crippen LogP contribution < -0.4 is 5.32 Å². The SMILES string of the molecule is CC(O)c1ccccc1NC(=O)C1CCCCCC1. The molecule has 1 atom stereocenters. The molecule has 0 saturated heterocycles. The Balaban J connectivity index is 2.05. The van der Waals surface area contributed by atoms with Gasteiger partial charge in [-0.15, -0.1) is 0 Å². The average Bonchev–Trinajstić information content (AvgIpc) is 2.68. The van der Waals surface area contributed by atoms with E-state index < -0.39 is 6.10 Å². The maximum absolute atomic E-state index is 12.3. The van der Waals surface area contributed by atoms with Crippen molar-refractivity contribution in [2.24, 2.45) is 5.92 Å². The summed E-state index contributed by atoms with van der Waals surface area (Å²) in [6.45, 7) is 1.72. The van der Waals surface area contributed by atoms with Crippen LogP contribution in [-0.4, -0.2) is 11.0 Å². The van der Waals surface area contributed by atoms with E-state index in [2.05, 4.69) is 5.32 Å². The second-order valence-corrected chi connectivity index (χ2v) is 5.44. The molecule has 1 aromatic rings. The van der Waals surface area contributed by atoms with Gasteiger partial charge in [0.15, 0.2) is 0 Å². The Morgan fingerprint density at radius 2 is 1.84 bits per heavy atom. The zero-order valence-corrected chi connectivity index (χ0v) is 11.6. The number of carbonyl (C=O) groups excluding carboxylic acids is 1. The molecule has 0 radical (unpaired) electrons. The largest absolute Gasteiger partial charge is 0.389 e. The van der Waals surface area contributed by atoms with Crippen LogP contribution in [0.25, 0.3) is 0 Å². The van der Waals surface area contributed by atoms with Gasteiger partial charge in [-0.25, -0.2) is 0 Å². The van der Waals surface area contributed by atoms with Crippen LogP contribution in [0.2, 0.25) is 0 Å². The molecular weight excluding hydrogens is 238 g/mol. The summed E-state index contributed by atoms with van der Waals surface area (Å²) in [6, 6.07) is 7.47.